The number of halogens is 2. The molecule has 0 atom stereocenters. The summed E-state index contributed by atoms with van der Waals surface area (Å²) in [5.41, 5.74) is 0.873. The minimum Gasteiger partial charge on any atom is -0.230 e. The fraction of sp³-hybridized carbons (Fsp3) is 0. The van der Waals surface area contributed by atoms with Crippen molar-refractivity contribution in [3.8, 4) is 5.69 Å². The second kappa shape index (κ2) is 5.98. The molecule has 0 unspecified atom stereocenters. The van der Waals surface area contributed by atoms with Crippen molar-refractivity contribution in [1.29, 1.82) is 0 Å². The van der Waals surface area contributed by atoms with Gasteiger partial charge < -0.3 is 0 Å². The molecule has 0 spiro atoms. The first kappa shape index (κ1) is 13.7. The van der Waals surface area contributed by atoms with Gasteiger partial charge in [0.05, 0.1) is 10.2 Å². The Balaban J connectivity index is 1.90. The van der Waals surface area contributed by atoms with Gasteiger partial charge in [-0.25, -0.2) is 9.97 Å². The zero-order valence-electron chi connectivity index (χ0n) is 9.81. The lowest BCUT2D eigenvalue weighted by Gasteiger charge is -2.03. The van der Waals surface area contributed by atoms with Gasteiger partial charge in [0.25, 0.3) is 0 Å². The van der Waals surface area contributed by atoms with E-state index in [0.29, 0.717) is 10.3 Å². The molecule has 0 aliphatic carbocycles. The molecule has 0 saturated heterocycles. The van der Waals surface area contributed by atoms with Gasteiger partial charge >= 0.3 is 0 Å². The molecule has 20 heavy (non-hydrogen) atoms. The van der Waals surface area contributed by atoms with Crippen molar-refractivity contribution in [2.24, 2.45) is 0 Å². The van der Waals surface area contributed by atoms with Crippen LogP contribution in [0.4, 0.5) is 0 Å². The van der Waals surface area contributed by atoms with Gasteiger partial charge in [0, 0.05) is 16.9 Å². The van der Waals surface area contributed by atoms with Crippen LogP contribution in [0.1, 0.15) is 0 Å². The van der Waals surface area contributed by atoms with Gasteiger partial charge in [-0.15, -0.1) is 5.10 Å². The third kappa shape index (κ3) is 3.05. The van der Waals surface area contributed by atoms with Crippen LogP contribution in [0.2, 0.25) is 0 Å². The minimum absolute atomic E-state index is 0.585. The highest BCUT2D eigenvalue weighted by atomic mass is 79.9. The molecular formula is C11H6Br2N6S. The number of tetrazole rings is 1. The van der Waals surface area contributed by atoms with Gasteiger partial charge in [-0.05, 0) is 62.4 Å². The van der Waals surface area contributed by atoms with E-state index in [2.05, 4.69) is 57.4 Å². The Morgan fingerprint density at radius 2 is 1.65 bits per heavy atom. The lowest BCUT2D eigenvalue weighted by atomic mass is 10.3. The molecule has 0 amide bonds. The molecule has 9 heteroatoms. The van der Waals surface area contributed by atoms with E-state index in [1.807, 2.05) is 24.3 Å². The van der Waals surface area contributed by atoms with Crippen LogP contribution in [0.5, 0.6) is 0 Å². The van der Waals surface area contributed by atoms with Crippen molar-refractivity contribution in [2.75, 3.05) is 0 Å². The summed E-state index contributed by atoms with van der Waals surface area (Å²) in [5.74, 6) is 0. The summed E-state index contributed by atoms with van der Waals surface area (Å²) in [6.45, 7) is 0. The smallest absolute Gasteiger partial charge is 0.221 e. The van der Waals surface area contributed by atoms with E-state index < -0.39 is 0 Å². The molecule has 0 saturated carbocycles. The molecule has 6 nitrogen and oxygen atoms in total. The van der Waals surface area contributed by atoms with Crippen LogP contribution in [0.15, 0.2) is 55.9 Å². The number of benzene rings is 1. The maximum absolute atomic E-state index is 4.19. The number of aromatic nitrogens is 6. The average molecular weight is 414 g/mol. The Kier molecular flexibility index (Phi) is 4.08. The fourth-order valence-electron chi connectivity index (χ4n) is 1.42. The van der Waals surface area contributed by atoms with E-state index in [4.69, 9.17) is 0 Å². The first-order valence-corrected chi connectivity index (χ1v) is 7.82. The number of hydrogen-bond donors (Lipinski definition) is 0. The van der Waals surface area contributed by atoms with E-state index in [-0.39, 0.29) is 0 Å². The lowest BCUT2D eigenvalue weighted by Crippen LogP contribution is -1.99. The van der Waals surface area contributed by atoms with E-state index in [1.165, 1.54) is 11.8 Å². The predicted octanol–water partition coefficient (Wildman–Crippen LogP) is 3.13. The Hall–Kier alpha value is -1.32. The zero-order valence-corrected chi connectivity index (χ0v) is 13.8. The second-order valence-electron chi connectivity index (χ2n) is 3.64. The molecule has 0 aliphatic rings. The van der Waals surface area contributed by atoms with E-state index in [1.54, 1.807) is 17.1 Å². The van der Waals surface area contributed by atoms with Gasteiger partial charge in [-0.3, -0.25) is 0 Å². The predicted molar refractivity (Wildman–Crippen MR) is 80.7 cm³/mol. The number of hydrogen-bond acceptors (Lipinski definition) is 6. The van der Waals surface area contributed by atoms with Crippen LogP contribution in [0, 0.1) is 0 Å². The Morgan fingerprint density at radius 3 is 2.35 bits per heavy atom. The van der Waals surface area contributed by atoms with Crippen molar-refractivity contribution in [1.82, 2.24) is 30.2 Å². The van der Waals surface area contributed by atoms with Crippen LogP contribution in [-0.2, 0) is 0 Å². The summed E-state index contributed by atoms with van der Waals surface area (Å²) >= 11 is 8.00. The SMILES string of the molecule is Brc1ccc(-n2nnnc2Sc2ncc(Br)cn2)cc1. The molecule has 0 N–H and O–H groups in total. The molecule has 2 aromatic heterocycles. The number of nitrogens with zero attached hydrogens (tertiary/aromatic N) is 6. The maximum atomic E-state index is 4.19. The van der Waals surface area contributed by atoms with Crippen LogP contribution in [0.25, 0.3) is 5.69 Å². The molecule has 3 aromatic rings. The van der Waals surface area contributed by atoms with Crippen molar-refractivity contribution >= 4 is 43.6 Å². The van der Waals surface area contributed by atoms with Crippen LogP contribution in [-0.4, -0.2) is 30.2 Å². The molecule has 1 aromatic carbocycles. The van der Waals surface area contributed by atoms with Crippen molar-refractivity contribution in [3.63, 3.8) is 0 Å². The monoisotopic (exact) mass is 412 g/mol. The standard InChI is InChI=1S/C11H6Br2N6S/c12-7-1-3-9(4-2-7)19-11(16-17-18-19)20-10-14-5-8(13)6-15-10/h1-6H. The van der Waals surface area contributed by atoms with E-state index in [0.717, 1.165) is 14.6 Å². The molecule has 0 bridgehead atoms. The Morgan fingerprint density at radius 1 is 0.950 bits per heavy atom. The van der Waals surface area contributed by atoms with E-state index in [9.17, 15) is 0 Å². The summed E-state index contributed by atoms with van der Waals surface area (Å²) in [5, 5.41) is 12.9. The summed E-state index contributed by atoms with van der Waals surface area (Å²) in [7, 11) is 0. The van der Waals surface area contributed by atoms with Gasteiger partial charge in [-0.1, -0.05) is 15.9 Å². The van der Waals surface area contributed by atoms with Crippen LogP contribution < -0.4 is 0 Å². The molecule has 100 valence electrons. The highest BCUT2D eigenvalue weighted by molar-refractivity contribution is 9.10. The zero-order chi connectivity index (χ0) is 13.9. The third-order valence-electron chi connectivity index (χ3n) is 2.29. The van der Waals surface area contributed by atoms with Crippen molar-refractivity contribution < 1.29 is 0 Å². The average Bonchev–Trinajstić information content (AvgIpc) is 2.90. The molecule has 0 aliphatic heterocycles. The highest BCUT2D eigenvalue weighted by Gasteiger charge is 2.11. The first-order chi connectivity index (χ1) is 9.72. The first-order valence-electron chi connectivity index (χ1n) is 5.42. The summed E-state index contributed by atoms with van der Waals surface area (Å²) in [4.78, 5) is 8.38. The maximum Gasteiger partial charge on any atom is 0.221 e. The van der Waals surface area contributed by atoms with Crippen molar-refractivity contribution in [3.05, 3.63) is 45.6 Å². The van der Waals surface area contributed by atoms with Crippen LogP contribution in [0.3, 0.4) is 0 Å². The van der Waals surface area contributed by atoms with Crippen LogP contribution >= 0.6 is 43.6 Å². The minimum atomic E-state index is 0.585. The largest absolute Gasteiger partial charge is 0.230 e. The summed E-state index contributed by atoms with van der Waals surface area (Å²) < 4.78 is 3.47. The molecular weight excluding hydrogens is 408 g/mol. The fourth-order valence-corrected chi connectivity index (χ4v) is 2.57. The molecule has 0 fully saturated rings. The summed E-state index contributed by atoms with van der Waals surface area (Å²) in [6, 6.07) is 7.71. The molecule has 0 radical (unpaired) electrons. The Bertz CT molecular complexity index is 713. The third-order valence-corrected chi connectivity index (χ3v) is 4.06. The Labute approximate surface area is 135 Å². The lowest BCUT2D eigenvalue weighted by molar-refractivity contribution is 0.754. The van der Waals surface area contributed by atoms with Gasteiger partial charge in [-0.2, -0.15) is 4.68 Å². The van der Waals surface area contributed by atoms with Gasteiger partial charge in [0.1, 0.15) is 0 Å². The summed E-state index contributed by atoms with van der Waals surface area (Å²) in [6.07, 6.45) is 3.37. The quantitative estimate of drug-likeness (QED) is 0.614. The van der Waals surface area contributed by atoms with Crippen molar-refractivity contribution in [2.45, 2.75) is 10.3 Å². The second-order valence-corrected chi connectivity index (χ2v) is 6.40. The normalized spacial score (nSPS) is 10.7. The number of rotatable bonds is 3. The molecule has 3 rings (SSSR count). The van der Waals surface area contributed by atoms with Gasteiger partial charge in [0.2, 0.25) is 5.16 Å². The molecule has 2 heterocycles. The highest BCUT2D eigenvalue weighted by Crippen LogP contribution is 2.24. The topological polar surface area (TPSA) is 69.4 Å². The van der Waals surface area contributed by atoms with E-state index >= 15 is 0 Å². The van der Waals surface area contributed by atoms with Gasteiger partial charge in [0.15, 0.2) is 5.16 Å².